The van der Waals surface area contributed by atoms with E-state index in [-0.39, 0.29) is 0 Å². The van der Waals surface area contributed by atoms with E-state index >= 15 is 0 Å². The third-order valence-electron chi connectivity index (χ3n) is 3.82. The Balaban J connectivity index is 2.14. The predicted molar refractivity (Wildman–Crippen MR) is 72.4 cm³/mol. The van der Waals surface area contributed by atoms with Crippen LogP contribution in [0.2, 0.25) is 0 Å². The summed E-state index contributed by atoms with van der Waals surface area (Å²) in [6, 6.07) is 6.24. The number of H-pyrrole nitrogens is 1. The Morgan fingerprint density at radius 2 is 2.15 bits per heavy atom. The fourth-order valence-electron chi connectivity index (χ4n) is 2.84. The molecule has 1 aromatic carbocycles. The summed E-state index contributed by atoms with van der Waals surface area (Å²) in [7, 11) is 0. The number of aromatic amines is 1. The SMILES string of the molecule is O=C(O)C1Cc2c([nH]c3ccccc23)C(C(O)CO)N1. The predicted octanol–water partition coefficient (Wildman–Crippen LogP) is 0.161. The zero-order chi connectivity index (χ0) is 14.3. The molecule has 1 aromatic heterocycles. The number of rotatable bonds is 3. The van der Waals surface area contributed by atoms with Crippen molar-refractivity contribution in [1.29, 1.82) is 0 Å². The topological polar surface area (TPSA) is 106 Å². The van der Waals surface area contributed by atoms with Gasteiger partial charge in [-0.2, -0.15) is 0 Å². The number of aliphatic hydroxyl groups is 2. The number of hydrogen-bond acceptors (Lipinski definition) is 4. The number of fused-ring (bicyclic) bond motifs is 3. The fourth-order valence-corrected chi connectivity index (χ4v) is 2.84. The number of aromatic nitrogens is 1. The van der Waals surface area contributed by atoms with Gasteiger partial charge in [-0.25, -0.2) is 0 Å². The van der Waals surface area contributed by atoms with Crippen LogP contribution in [-0.4, -0.2) is 45.0 Å². The van der Waals surface area contributed by atoms with Crippen LogP contribution in [0.5, 0.6) is 0 Å². The van der Waals surface area contributed by atoms with Crippen molar-refractivity contribution in [3.63, 3.8) is 0 Å². The second-order valence-electron chi connectivity index (χ2n) is 5.05. The van der Waals surface area contributed by atoms with Gasteiger partial charge in [0.25, 0.3) is 0 Å². The molecule has 3 rings (SSSR count). The average molecular weight is 276 g/mol. The molecule has 0 aliphatic carbocycles. The standard InChI is InChI=1S/C14H16N2O4/c17-6-11(18)13-12-8(5-10(16-13)14(19)20)7-3-1-2-4-9(7)15-12/h1-4,10-11,13,15-18H,5-6H2,(H,19,20). The molecule has 0 amide bonds. The first-order valence-corrected chi connectivity index (χ1v) is 6.49. The first-order chi connectivity index (χ1) is 9.61. The lowest BCUT2D eigenvalue weighted by Crippen LogP contribution is -2.49. The summed E-state index contributed by atoms with van der Waals surface area (Å²) in [4.78, 5) is 14.5. The molecule has 0 radical (unpaired) electrons. The molecule has 2 heterocycles. The van der Waals surface area contributed by atoms with Crippen LogP contribution in [0.4, 0.5) is 0 Å². The molecular formula is C14H16N2O4. The van der Waals surface area contributed by atoms with Crippen LogP contribution >= 0.6 is 0 Å². The van der Waals surface area contributed by atoms with Crippen LogP contribution in [0.15, 0.2) is 24.3 Å². The number of hydrogen-bond donors (Lipinski definition) is 5. The van der Waals surface area contributed by atoms with Gasteiger partial charge in [-0.1, -0.05) is 18.2 Å². The third kappa shape index (κ3) is 1.98. The summed E-state index contributed by atoms with van der Waals surface area (Å²) >= 11 is 0. The van der Waals surface area contributed by atoms with E-state index in [1.807, 2.05) is 24.3 Å². The number of carboxylic acids is 1. The summed E-state index contributed by atoms with van der Waals surface area (Å²) in [6.45, 7) is -0.432. The molecule has 0 fully saturated rings. The van der Waals surface area contributed by atoms with Gasteiger partial charge >= 0.3 is 5.97 Å². The van der Waals surface area contributed by atoms with Crippen molar-refractivity contribution >= 4 is 16.9 Å². The molecule has 5 N–H and O–H groups in total. The minimum absolute atomic E-state index is 0.351. The Bertz CT molecular complexity index is 652. The van der Waals surface area contributed by atoms with Gasteiger partial charge in [0.1, 0.15) is 6.04 Å². The molecule has 0 spiro atoms. The van der Waals surface area contributed by atoms with E-state index in [0.29, 0.717) is 6.42 Å². The van der Waals surface area contributed by atoms with Gasteiger partial charge in [0.15, 0.2) is 0 Å². The van der Waals surface area contributed by atoms with Crippen LogP contribution in [-0.2, 0) is 11.2 Å². The second-order valence-corrected chi connectivity index (χ2v) is 5.05. The summed E-state index contributed by atoms with van der Waals surface area (Å²) < 4.78 is 0. The van der Waals surface area contributed by atoms with Crippen LogP contribution in [0.25, 0.3) is 10.9 Å². The van der Waals surface area contributed by atoms with E-state index in [1.165, 1.54) is 0 Å². The third-order valence-corrected chi connectivity index (χ3v) is 3.82. The highest BCUT2D eigenvalue weighted by atomic mass is 16.4. The number of aliphatic hydroxyl groups excluding tert-OH is 2. The smallest absolute Gasteiger partial charge is 0.321 e. The van der Waals surface area contributed by atoms with Crippen molar-refractivity contribution in [3.05, 3.63) is 35.5 Å². The minimum Gasteiger partial charge on any atom is -0.480 e. The highest BCUT2D eigenvalue weighted by Gasteiger charge is 2.36. The molecule has 0 saturated carbocycles. The van der Waals surface area contributed by atoms with Crippen molar-refractivity contribution in [2.75, 3.05) is 6.61 Å². The quantitative estimate of drug-likeness (QED) is 0.549. The molecule has 1 aliphatic rings. The Kier molecular flexibility index (Phi) is 3.21. The normalized spacial score (nSPS) is 23.5. The first-order valence-electron chi connectivity index (χ1n) is 6.49. The maximum atomic E-state index is 11.3. The highest BCUT2D eigenvalue weighted by molar-refractivity contribution is 5.86. The number of nitrogens with one attached hydrogen (secondary N) is 2. The monoisotopic (exact) mass is 276 g/mol. The molecule has 3 atom stereocenters. The number of aliphatic carboxylic acids is 1. The number of carbonyl (C=O) groups is 1. The maximum Gasteiger partial charge on any atom is 0.321 e. The molecule has 1 aliphatic heterocycles. The van der Waals surface area contributed by atoms with Gasteiger partial charge in [0, 0.05) is 23.0 Å². The highest BCUT2D eigenvalue weighted by Crippen LogP contribution is 2.33. The van der Waals surface area contributed by atoms with Gasteiger partial charge in [0.2, 0.25) is 0 Å². The van der Waals surface area contributed by atoms with Crippen molar-refractivity contribution < 1.29 is 20.1 Å². The minimum atomic E-state index is -1.05. The van der Waals surface area contributed by atoms with Crippen molar-refractivity contribution in [1.82, 2.24) is 10.3 Å². The Labute approximate surface area is 115 Å². The van der Waals surface area contributed by atoms with Crippen LogP contribution in [0, 0.1) is 0 Å². The van der Waals surface area contributed by atoms with E-state index in [1.54, 1.807) is 0 Å². The molecule has 3 unspecified atom stereocenters. The van der Waals surface area contributed by atoms with Crippen LogP contribution < -0.4 is 5.32 Å². The zero-order valence-corrected chi connectivity index (χ0v) is 10.7. The zero-order valence-electron chi connectivity index (χ0n) is 10.7. The molecule has 2 aromatic rings. The lowest BCUT2D eigenvalue weighted by molar-refractivity contribution is -0.140. The van der Waals surface area contributed by atoms with Crippen molar-refractivity contribution in [3.8, 4) is 0 Å². The fraction of sp³-hybridized carbons (Fsp3) is 0.357. The summed E-state index contributed by atoms with van der Waals surface area (Å²) in [5, 5.41) is 32.2. The Hall–Kier alpha value is -1.89. The van der Waals surface area contributed by atoms with Crippen LogP contribution in [0.1, 0.15) is 17.3 Å². The molecule has 20 heavy (non-hydrogen) atoms. The molecule has 0 bridgehead atoms. The molecule has 106 valence electrons. The lowest BCUT2D eigenvalue weighted by Gasteiger charge is -2.31. The lowest BCUT2D eigenvalue weighted by atomic mass is 9.91. The van der Waals surface area contributed by atoms with E-state index in [9.17, 15) is 15.0 Å². The van der Waals surface area contributed by atoms with Gasteiger partial charge in [0.05, 0.1) is 18.8 Å². The molecule has 0 saturated heterocycles. The van der Waals surface area contributed by atoms with E-state index < -0.39 is 30.8 Å². The largest absolute Gasteiger partial charge is 0.480 e. The van der Waals surface area contributed by atoms with Gasteiger partial charge < -0.3 is 20.3 Å². The summed E-state index contributed by atoms with van der Waals surface area (Å²) in [5.41, 5.74) is 2.55. The Morgan fingerprint density at radius 3 is 2.85 bits per heavy atom. The van der Waals surface area contributed by atoms with Crippen molar-refractivity contribution in [2.24, 2.45) is 0 Å². The summed E-state index contributed by atoms with van der Waals surface area (Å²) in [5.74, 6) is -0.962. The van der Waals surface area contributed by atoms with E-state index in [0.717, 1.165) is 22.2 Å². The van der Waals surface area contributed by atoms with Crippen molar-refractivity contribution in [2.45, 2.75) is 24.6 Å². The molecular weight excluding hydrogens is 260 g/mol. The average Bonchev–Trinajstić information content (AvgIpc) is 2.84. The molecule has 6 nitrogen and oxygen atoms in total. The maximum absolute atomic E-state index is 11.3. The number of para-hydroxylation sites is 1. The van der Waals surface area contributed by atoms with Crippen LogP contribution in [0.3, 0.4) is 0 Å². The first kappa shape index (κ1) is 13.1. The van der Waals surface area contributed by atoms with Gasteiger partial charge in [-0.3, -0.25) is 10.1 Å². The van der Waals surface area contributed by atoms with Gasteiger partial charge in [-0.05, 0) is 11.6 Å². The second kappa shape index (κ2) is 4.90. The van der Waals surface area contributed by atoms with E-state index in [2.05, 4.69) is 10.3 Å². The number of benzene rings is 1. The van der Waals surface area contributed by atoms with Gasteiger partial charge in [-0.15, -0.1) is 0 Å². The molecule has 6 heteroatoms. The summed E-state index contributed by atoms with van der Waals surface area (Å²) in [6.07, 6.45) is -0.701. The van der Waals surface area contributed by atoms with E-state index in [4.69, 9.17) is 5.11 Å². The number of carboxylic acid groups (broad SMARTS) is 1. The Morgan fingerprint density at radius 1 is 1.40 bits per heavy atom.